The molecule has 3 heteroatoms. The van der Waals surface area contributed by atoms with Crippen molar-refractivity contribution in [3.63, 3.8) is 0 Å². The predicted molar refractivity (Wildman–Crippen MR) is 95.7 cm³/mol. The van der Waals surface area contributed by atoms with Crippen molar-refractivity contribution < 1.29 is 9.84 Å². The molecule has 1 heterocycles. The number of aliphatic hydroxyl groups excluding tert-OH is 1. The van der Waals surface area contributed by atoms with Crippen LogP contribution < -0.4 is 4.74 Å². The lowest BCUT2D eigenvalue weighted by Crippen LogP contribution is -1.97. The van der Waals surface area contributed by atoms with Crippen LogP contribution >= 0.6 is 0 Å². The minimum absolute atomic E-state index is 0.0444. The second kappa shape index (κ2) is 7.75. The summed E-state index contributed by atoms with van der Waals surface area (Å²) in [6.45, 7) is 2.64. The van der Waals surface area contributed by atoms with Gasteiger partial charge in [-0.25, -0.2) is 0 Å². The van der Waals surface area contributed by atoms with Crippen LogP contribution in [0.5, 0.6) is 5.75 Å². The average Bonchev–Trinajstić information content (AvgIpc) is 2.67. The molecule has 24 heavy (non-hydrogen) atoms. The third kappa shape index (κ3) is 4.00. The van der Waals surface area contributed by atoms with Crippen LogP contribution in [0.15, 0.2) is 66.9 Å². The fourth-order valence-electron chi connectivity index (χ4n) is 2.53. The maximum Gasteiger partial charge on any atom is 0.120 e. The van der Waals surface area contributed by atoms with Gasteiger partial charge in [0.15, 0.2) is 0 Å². The Morgan fingerprint density at radius 1 is 0.917 bits per heavy atom. The number of benzene rings is 2. The molecule has 1 N–H and O–H groups in total. The first kappa shape index (κ1) is 16.2. The van der Waals surface area contributed by atoms with Crippen molar-refractivity contribution in [3.8, 4) is 17.0 Å². The highest BCUT2D eigenvalue weighted by molar-refractivity contribution is 5.61. The molecule has 122 valence electrons. The van der Waals surface area contributed by atoms with Crippen LogP contribution in [-0.2, 0) is 19.6 Å². The van der Waals surface area contributed by atoms with Gasteiger partial charge in [-0.15, -0.1) is 0 Å². The number of aliphatic hydroxyl groups is 1. The van der Waals surface area contributed by atoms with E-state index in [0.29, 0.717) is 6.61 Å². The normalized spacial score (nSPS) is 10.6. The monoisotopic (exact) mass is 319 g/mol. The van der Waals surface area contributed by atoms with Crippen LogP contribution in [0.2, 0.25) is 0 Å². The van der Waals surface area contributed by atoms with Gasteiger partial charge in [0, 0.05) is 11.8 Å². The summed E-state index contributed by atoms with van der Waals surface area (Å²) < 4.78 is 5.89. The number of aromatic nitrogens is 1. The van der Waals surface area contributed by atoms with Crippen LogP contribution in [0, 0.1) is 0 Å². The third-order valence-electron chi connectivity index (χ3n) is 3.94. The number of nitrogens with zero attached hydrogens (tertiary/aromatic N) is 1. The van der Waals surface area contributed by atoms with Crippen LogP contribution in [-0.4, -0.2) is 10.1 Å². The van der Waals surface area contributed by atoms with E-state index in [4.69, 9.17) is 4.74 Å². The molecule has 0 bridgehead atoms. The van der Waals surface area contributed by atoms with Crippen molar-refractivity contribution in [1.82, 2.24) is 4.98 Å². The smallest absolute Gasteiger partial charge is 0.120 e. The number of pyridine rings is 1. The van der Waals surface area contributed by atoms with Gasteiger partial charge in [0.2, 0.25) is 0 Å². The maximum absolute atomic E-state index is 9.20. The van der Waals surface area contributed by atoms with Gasteiger partial charge < -0.3 is 9.84 Å². The zero-order valence-corrected chi connectivity index (χ0v) is 13.8. The number of hydrogen-bond donors (Lipinski definition) is 1. The zero-order chi connectivity index (χ0) is 16.8. The fourth-order valence-corrected chi connectivity index (χ4v) is 2.53. The van der Waals surface area contributed by atoms with Gasteiger partial charge in [0.25, 0.3) is 0 Å². The van der Waals surface area contributed by atoms with E-state index >= 15 is 0 Å². The summed E-state index contributed by atoms with van der Waals surface area (Å²) in [6, 6.07) is 19.9. The Morgan fingerprint density at radius 2 is 1.75 bits per heavy atom. The van der Waals surface area contributed by atoms with Gasteiger partial charge in [-0.3, -0.25) is 4.98 Å². The molecule has 3 nitrogen and oxygen atoms in total. The van der Waals surface area contributed by atoms with Crippen molar-refractivity contribution >= 4 is 0 Å². The molecule has 3 rings (SSSR count). The van der Waals surface area contributed by atoms with Crippen LogP contribution in [0.4, 0.5) is 0 Å². The van der Waals surface area contributed by atoms with Gasteiger partial charge in [-0.2, -0.15) is 0 Å². The highest BCUT2D eigenvalue weighted by Crippen LogP contribution is 2.23. The fraction of sp³-hybridized carbons (Fsp3) is 0.190. The average molecular weight is 319 g/mol. The Balaban J connectivity index is 1.72. The van der Waals surface area contributed by atoms with Crippen molar-refractivity contribution in [2.24, 2.45) is 0 Å². The number of aryl methyl sites for hydroxylation is 1. The topological polar surface area (TPSA) is 42.4 Å². The lowest BCUT2D eigenvalue weighted by Gasteiger charge is -2.09. The Kier molecular flexibility index (Phi) is 5.24. The Morgan fingerprint density at radius 3 is 2.50 bits per heavy atom. The number of ether oxygens (including phenoxy) is 1. The first-order valence-corrected chi connectivity index (χ1v) is 8.15. The first-order valence-electron chi connectivity index (χ1n) is 8.15. The summed E-state index contributed by atoms with van der Waals surface area (Å²) in [7, 11) is 0. The highest BCUT2D eigenvalue weighted by Gasteiger charge is 2.03. The lowest BCUT2D eigenvalue weighted by atomic mass is 10.1. The van der Waals surface area contributed by atoms with E-state index in [-0.39, 0.29) is 6.61 Å². The van der Waals surface area contributed by atoms with E-state index in [1.54, 1.807) is 0 Å². The van der Waals surface area contributed by atoms with E-state index in [2.05, 4.69) is 18.0 Å². The predicted octanol–water partition coefficient (Wildman–Crippen LogP) is 4.38. The molecule has 0 atom stereocenters. The molecule has 0 amide bonds. The SMILES string of the molecule is CCc1ccc(-c2cccc(OCc3cccc(CO)c3)c2)nc1. The van der Waals surface area contributed by atoms with Crippen molar-refractivity contribution in [3.05, 3.63) is 83.6 Å². The van der Waals surface area contributed by atoms with E-state index in [1.807, 2.05) is 60.8 Å². The van der Waals surface area contributed by atoms with Gasteiger partial charge >= 0.3 is 0 Å². The van der Waals surface area contributed by atoms with Gasteiger partial charge in [-0.05, 0) is 41.3 Å². The zero-order valence-electron chi connectivity index (χ0n) is 13.8. The Bertz CT molecular complexity index is 797. The van der Waals surface area contributed by atoms with Gasteiger partial charge in [0.1, 0.15) is 12.4 Å². The summed E-state index contributed by atoms with van der Waals surface area (Å²) >= 11 is 0. The summed E-state index contributed by atoms with van der Waals surface area (Å²) in [4.78, 5) is 4.52. The summed E-state index contributed by atoms with van der Waals surface area (Å²) in [6.07, 6.45) is 2.91. The second-order valence-corrected chi connectivity index (χ2v) is 5.70. The van der Waals surface area contributed by atoms with Gasteiger partial charge in [0.05, 0.1) is 12.3 Å². The minimum atomic E-state index is 0.0444. The second-order valence-electron chi connectivity index (χ2n) is 5.70. The Hall–Kier alpha value is -2.65. The number of rotatable bonds is 6. The van der Waals surface area contributed by atoms with Crippen molar-refractivity contribution in [2.75, 3.05) is 0 Å². The summed E-state index contributed by atoms with van der Waals surface area (Å²) in [5, 5.41) is 9.20. The summed E-state index contributed by atoms with van der Waals surface area (Å²) in [5.41, 5.74) is 5.15. The minimum Gasteiger partial charge on any atom is -0.489 e. The van der Waals surface area contributed by atoms with Crippen LogP contribution in [0.3, 0.4) is 0 Å². The molecule has 0 fully saturated rings. The molecule has 0 saturated carbocycles. The molecule has 0 aliphatic carbocycles. The molecule has 0 unspecified atom stereocenters. The lowest BCUT2D eigenvalue weighted by molar-refractivity contribution is 0.280. The van der Waals surface area contributed by atoms with Crippen LogP contribution in [0.25, 0.3) is 11.3 Å². The van der Waals surface area contributed by atoms with Crippen molar-refractivity contribution in [2.45, 2.75) is 26.6 Å². The van der Waals surface area contributed by atoms with Gasteiger partial charge in [-0.1, -0.05) is 49.4 Å². The quantitative estimate of drug-likeness (QED) is 0.733. The molecule has 0 spiro atoms. The maximum atomic E-state index is 9.20. The molecule has 1 aromatic heterocycles. The van der Waals surface area contributed by atoms with E-state index < -0.39 is 0 Å². The molecule has 0 aliphatic heterocycles. The molecule has 2 aromatic carbocycles. The molecular formula is C21H21NO2. The van der Waals surface area contributed by atoms with E-state index in [1.165, 1.54) is 5.56 Å². The summed E-state index contributed by atoms with van der Waals surface area (Å²) in [5.74, 6) is 0.809. The Labute approximate surface area is 142 Å². The number of hydrogen-bond acceptors (Lipinski definition) is 3. The standard InChI is InChI=1S/C21H21NO2/c1-2-16-9-10-21(22-13-16)19-7-4-8-20(12-19)24-15-18-6-3-5-17(11-18)14-23/h3-13,23H,2,14-15H2,1H3. The molecular weight excluding hydrogens is 298 g/mol. The molecule has 0 aliphatic rings. The molecule has 0 saturated heterocycles. The molecule has 0 radical (unpaired) electrons. The molecule has 3 aromatic rings. The van der Waals surface area contributed by atoms with Crippen molar-refractivity contribution in [1.29, 1.82) is 0 Å². The first-order chi connectivity index (χ1) is 11.8. The van der Waals surface area contributed by atoms with Crippen LogP contribution in [0.1, 0.15) is 23.6 Å². The highest BCUT2D eigenvalue weighted by atomic mass is 16.5. The largest absolute Gasteiger partial charge is 0.489 e. The third-order valence-corrected chi connectivity index (χ3v) is 3.94. The van der Waals surface area contributed by atoms with E-state index in [9.17, 15) is 5.11 Å². The van der Waals surface area contributed by atoms with E-state index in [0.717, 1.165) is 34.6 Å².